The monoisotopic (exact) mass is 455 g/mol. The molecule has 2 heterocycles. The topological polar surface area (TPSA) is 79.0 Å². The average molecular weight is 456 g/mol. The van der Waals surface area contributed by atoms with Crippen molar-refractivity contribution in [2.24, 2.45) is 11.8 Å². The number of hydrogen-bond acceptors (Lipinski definition) is 4. The quantitative estimate of drug-likeness (QED) is 0.715. The van der Waals surface area contributed by atoms with Crippen LogP contribution in [-0.4, -0.2) is 66.3 Å². The third-order valence-corrected chi connectivity index (χ3v) is 7.43. The molecule has 0 radical (unpaired) electrons. The molecule has 0 spiro atoms. The molecular weight excluding hydrogens is 418 g/mol. The number of nitrogens with one attached hydrogen (secondary N) is 1. The minimum atomic E-state index is -0.0328. The highest BCUT2D eigenvalue weighted by molar-refractivity contribution is 5.82. The molecule has 33 heavy (non-hydrogen) atoms. The molecule has 0 bridgehead atoms. The second kappa shape index (κ2) is 11.5. The lowest BCUT2D eigenvalue weighted by Crippen LogP contribution is -2.49. The van der Waals surface area contributed by atoms with Gasteiger partial charge in [0.15, 0.2) is 6.61 Å². The summed E-state index contributed by atoms with van der Waals surface area (Å²) >= 11 is 0. The van der Waals surface area contributed by atoms with Crippen molar-refractivity contribution < 1.29 is 19.1 Å². The molecule has 7 nitrogen and oxygen atoms in total. The van der Waals surface area contributed by atoms with E-state index in [1.807, 2.05) is 35.2 Å². The van der Waals surface area contributed by atoms with Crippen LogP contribution in [0.3, 0.4) is 0 Å². The predicted octanol–water partition coefficient (Wildman–Crippen LogP) is 2.99. The largest absolute Gasteiger partial charge is 0.484 e. The van der Waals surface area contributed by atoms with Crippen LogP contribution in [-0.2, 0) is 14.4 Å². The first-order valence-electron chi connectivity index (χ1n) is 12.6. The summed E-state index contributed by atoms with van der Waals surface area (Å²) in [5.41, 5.74) is 0. The maximum atomic E-state index is 13.0. The predicted molar refractivity (Wildman–Crippen MR) is 126 cm³/mol. The maximum absolute atomic E-state index is 13.0. The molecule has 0 unspecified atom stereocenters. The second-order valence-electron chi connectivity index (χ2n) is 9.70. The van der Waals surface area contributed by atoms with E-state index in [0.717, 1.165) is 25.7 Å². The Kier molecular flexibility index (Phi) is 8.24. The van der Waals surface area contributed by atoms with Crippen LogP contribution in [0.4, 0.5) is 0 Å². The summed E-state index contributed by atoms with van der Waals surface area (Å²) in [6.07, 6.45) is 8.78. The first kappa shape index (κ1) is 23.6. The molecule has 180 valence electrons. The molecule has 1 aromatic carbocycles. The Balaban J connectivity index is 1.15. The number of amides is 3. The number of hydrogen-bond donors (Lipinski definition) is 1. The van der Waals surface area contributed by atoms with Crippen LogP contribution in [0, 0.1) is 11.8 Å². The first-order valence-corrected chi connectivity index (χ1v) is 12.6. The summed E-state index contributed by atoms with van der Waals surface area (Å²) < 4.78 is 5.57. The van der Waals surface area contributed by atoms with E-state index in [9.17, 15) is 14.4 Å². The number of carbonyl (C=O) groups is 3. The number of nitrogens with zero attached hydrogens (tertiary/aromatic N) is 2. The van der Waals surface area contributed by atoms with E-state index in [1.54, 1.807) is 4.90 Å². The van der Waals surface area contributed by atoms with Crippen molar-refractivity contribution in [2.45, 2.75) is 63.8 Å². The Morgan fingerprint density at radius 2 is 1.39 bits per heavy atom. The van der Waals surface area contributed by atoms with Crippen LogP contribution in [0.15, 0.2) is 30.3 Å². The Bertz CT molecular complexity index is 793. The molecule has 7 heteroatoms. The SMILES string of the molecule is O=C(NC1CCCCC1)C1CCN(C(=O)C2CCN(C(=O)COc3ccccc3)CC2)CC1. The molecule has 3 amide bonds. The van der Waals surface area contributed by atoms with Gasteiger partial charge < -0.3 is 19.9 Å². The average Bonchev–Trinajstić information content (AvgIpc) is 2.88. The number of para-hydroxylation sites is 1. The van der Waals surface area contributed by atoms with Crippen molar-refractivity contribution in [2.75, 3.05) is 32.8 Å². The van der Waals surface area contributed by atoms with E-state index in [-0.39, 0.29) is 36.2 Å². The Morgan fingerprint density at radius 3 is 2.06 bits per heavy atom. The number of piperidine rings is 2. The van der Waals surface area contributed by atoms with Gasteiger partial charge in [-0.1, -0.05) is 37.5 Å². The summed E-state index contributed by atoms with van der Waals surface area (Å²) in [5, 5.41) is 3.24. The highest BCUT2D eigenvalue weighted by Gasteiger charge is 2.34. The van der Waals surface area contributed by atoms with Crippen molar-refractivity contribution in [3.63, 3.8) is 0 Å². The molecule has 1 aromatic rings. The van der Waals surface area contributed by atoms with E-state index < -0.39 is 0 Å². The van der Waals surface area contributed by atoms with Crippen molar-refractivity contribution in [1.29, 1.82) is 0 Å². The molecule has 2 aliphatic heterocycles. The lowest BCUT2D eigenvalue weighted by Gasteiger charge is -2.37. The minimum absolute atomic E-state index is 0.0268. The molecule has 3 aliphatic rings. The number of benzene rings is 1. The Labute approximate surface area is 196 Å². The zero-order valence-corrected chi connectivity index (χ0v) is 19.5. The fourth-order valence-electron chi connectivity index (χ4n) is 5.32. The van der Waals surface area contributed by atoms with Gasteiger partial charge in [0.05, 0.1) is 0 Å². The molecule has 3 fully saturated rings. The highest BCUT2D eigenvalue weighted by atomic mass is 16.5. The number of ether oxygens (including phenoxy) is 1. The lowest BCUT2D eigenvalue weighted by molar-refractivity contribution is -0.143. The summed E-state index contributed by atoms with van der Waals surface area (Å²) in [6.45, 7) is 2.53. The van der Waals surface area contributed by atoms with Crippen molar-refractivity contribution >= 4 is 17.7 Å². The first-order chi connectivity index (χ1) is 16.1. The van der Waals surface area contributed by atoms with Gasteiger partial charge in [0.1, 0.15) is 5.75 Å². The van der Waals surface area contributed by atoms with E-state index in [1.165, 1.54) is 19.3 Å². The fourth-order valence-corrected chi connectivity index (χ4v) is 5.32. The van der Waals surface area contributed by atoms with E-state index >= 15 is 0 Å². The molecule has 1 aliphatic carbocycles. The van der Waals surface area contributed by atoms with Gasteiger partial charge in [-0.15, -0.1) is 0 Å². The zero-order valence-electron chi connectivity index (χ0n) is 19.5. The van der Waals surface area contributed by atoms with Gasteiger partial charge in [-0.05, 0) is 50.7 Å². The maximum Gasteiger partial charge on any atom is 0.260 e. The van der Waals surface area contributed by atoms with Crippen LogP contribution in [0.1, 0.15) is 57.8 Å². The number of rotatable bonds is 6. The van der Waals surface area contributed by atoms with Crippen LogP contribution >= 0.6 is 0 Å². The van der Waals surface area contributed by atoms with Gasteiger partial charge in [-0.2, -0.15) is 0 Å². The van der Waals surface area contributed by atoms with E-state index in [0.29, 0.717) is 50.8 Å². The summed E-state index contributed by atoms with van der Waals surface area (Å²) in [4.78, 5) is 41.9. The molecule has 2 saturated heterocycles. The van der Waals surface area contributed by atoms with Crippen molar-refractivity contribution in [1.82, 2.24) is 15.1 Å². The van der Waals surface area contributed by atoms with Crippen LogP contribution in [0.25, 0.3) is 0 Å². The number of carbonyl (C=O) groups excluding carboxylic acids is 3. The number of likely N-dealkylation sites (tertiary alicyclic amines) is 2. The molecule has 1 N–H and O–H groups in total. The Hall–Kier alpha value is -2.57. The van der Waals surface area contributed by atoms with Gasteiger partial charge in [0, 0.05) is 44.1 Å². The second-order valence-corrected chi connectivity index (χ2v) is 9.70. The molecule has 0 aromatic heterocycles. The zero-order chi connectivity index (χ0) is 23.0. The highest BCUT2D eigenvalue weighted by Crippen LogP contribution is 2.25. The molecule has 1 saturated carbocycles. The standard InChI is InChI=1S/C26H37N3O4/c30-24(19-33-23-9-5-2-6-10-23)28-15-13-21(14-16-28)26(32)29-17-11-20(12-18-29)25(31)27-22-7-3-1-4-8-22/h2,5-6,9-10,20-22H,1,3-4,7-8,11-19H2,(H,27,31). The van der Waals surface area contributed by atoms with E-state index in [2.05, 4.69) is 5.32 Å². The third kappa shape index (κ3) is 6.49. The van der Waals surface area contributed by atoms with E-state index in [4.69, 9.17) is 4.74 Å². The van der Waals surface area contributed by atoms with Crippen LogP contribution in [0.2, 0.25) is 0 Å². The minimum Gasteiger partial charge on any atom is -0.484 e. The van der Waals surface area contributed by atoms with Gasteiger partial charge in [0.25, 0.3) is 5.91 Å². The molecule has 4 rings (SSSR count). The van der Waals surface area contributed by atoms with Crippen LogP contribution < -0.4 is 10.1 Å². The third-order valence-electron chi connectivity index (χ3n) is 7.43. The summed E-state index contributed by atoms with van der Waals surface area (Å²) in [5.74, 6) is 1.02. The smallest absolute Gasteiger partial charge is 0.260 e. The van der Waals surface area contributed by atoms with Gasteiger partial charge in [-0.25, -0.2) is 0 Å². The molecule has 0 atom stereocenters. The van der Waals surface area contributed by atoms with Gasteiger partial charge in [0.2, 0.25) is 11.8 Å². The van der Waals surface area contributed by atoms with Crippen LogP contribution in [0.5, 0.6) is 5.75 Å². The normalized spacial score (nSPS) is 21.0. The van der Waals surface area contributed by atoms with Crippen molar-refractivity contribution in [3.05, 3.63) is 30.3 Å². The Morgan fingerprint density at radius 1 is 0.788 bits per heavy atom. The van der Waals surface area contributed by atoms with Gasteiger partial charge in [-0.3, -0.25) is 14.4 Å². The van der Waals surface area contributed by atoms with Gasteiger partial charge >= 0.3 is 0 Å². The summed E-state index contributed by atoms with van der Waals surface area (Å²) in [6, 6.07) is 9.68. The lowest BCUT2D eigenvalue weighted by atomic mass is 9.90. The fraction of sp³-hybridized carbons (Fsp3) is 0.654. The summed E-state index contributed by atoms with van der Waals surface area (Å²) in [7, 11) is 0. The molecular formula is C26H37N3O4. The van der Waals surface area contributed by atoms with Crippen molar-refractivity contribution in [3.8, 4) is 5.75 Å².